The second kappa shape index (κ2) is 10.5. The van der Waals surface area contributed by atoms with E-state index in [1.54, 1.807) is 13.8 Å². The molecule has 0 atom stereocenters. The summed E-state index contributed by atoms with van der Waals surface area (Å²) in [5.74, 6) is -2.88. The first kappa shape index (κ1) is 27.4. The molecule has 0 radical (unpaired) electrons. The number of ketones is 1. The van der Waals surface area contributed by atoms with Gasteiger partial charge in [0, 0.05) is 23.2 Å². The summed E-state index contributed by atoms with van der Waals surface area (Å²) in [6.45, 7) is 6.84. The van der Waals surface area contributed by atoms with Crippen LogP contribution >= 0.6 is 11.3 Å². The zero-order chi connectivity index (χ0) is 26.1. The molecule has 0 unspecified atom stereocenters. The largest absolute Gasteiger partial charge is 0.382 e. The van der Waals surface area contributed by atoms with E-state index in [4.69, 9.17) is 11.5 Å². The van der Waals surface area contributed by atoms with E-state index < -0.39 is 38.5 Å². The topological polar surface area (TPSA) is 140 Å². The first-order valence-electron chi connectivity index (χ1n) is 11.5. The van der Waals surface area contributed by atoms with Crippen molar-refractivity contribution in [3.05, 3.63) is 39.8 Å². The third kappa shape index (κ3) is 6.75. The van der Waals surface area contributed by atoms with Crippen LogP contribution in [0, 0.1) is 17.6 Å². The van der Waals surface area contributed by atoms with Crippen LogP contribution in [0.1, 0.15) is 74.2 Å². The van der Waals surface area contributed by atoms with Crippen molar-refractivity contribution in [3.8, 4) is 0 Å². The van der Waals surface area contributed by atoms with Crippen LogP contribution in [-0.2, 0) is 15.6 Å². The Labute approximate surface area is 208 Å². The van der Waals surface area contributed by atoms with E-state index in [-0.39, 0.29) is 40.0 Å². The Kier molecular flexibility index (Phi) is 8.19. The van der Waals surface area contributed by atoms with Crippen molar-refractivity contribution in [3.63, 3.8) is 0 Å². The van der Waals surface area contributed by atoms with Crippen molar-refractivity contribution in [2.75, 3.05) is 16.8 Å². The van der Waals surface area contributed by atoms with Crippen LogP contribution in [0.15, 0.2) is 12.1 Å². The predicted molar refractivity (Wildman–Crippen MR) is 135 cm³/mol. The molecule has 0 bridgehead atoms. The highest BCUT2D eigenvalue weighted by molar-refractivity contribution is 7.89. The van der Waals surface area contributed by atoms with Gasteiger partial charge < -0.3 is 16.8 Å². The number of sulfonamides is 1. The second-order valence-electron chi connectivity index (χ2n) is 10.1. The molecule has 6 N–H and O–H groups in total. The number of hydrogen-bond acceptors (Lipinski definition) is 8. The number of rotatable bonds is 9. The number of nitrogens with zero attached hydrogens (tertiary/aromatic N) is 1. The quantitative estimate of drug-likeness (QED) is 0.363. The number of benzene rings is 1. The van der Waals surface area contributed by atoms with Gasteiger partial charge in [0.1, 0.15) is 22.3 Å². The van der Waals surface area contributed by atoms with E-state index in [0.29, 0.717) is 30.8 Å². The van der Waals surface area contributed by atoms with Crippen molar-refractivity contribution >= 4 is 38.1 Å². The van der Waals surface area contributed by atoms with Gasteiger partial charge in [-0.1, -0.05) is 31.3 Å². The molecule has 1 saturated carbocycles. The molecule has 1 aliphatic rings. The summed E-state index contributed by atoms with van der Waals surface area (Å²) in [6.07, 6.45) is 2.68. The molecule has 35 heavy (non-hydrogen) atoms. The van der Waals surface area contributed by atoms with Gasteiger partial charge in [0.15, 0.2) is 5.13 Å². The summed E-state index contributed by atoms with van der Waals surface area (Å²) in [5, 5.41) is 3.59. The highest BCUT2D eigenvalue weighted by Crippen LogP contribution is 2.33. The molecule has 3 rings (SSSR count). The highest BCUT2D eigenvalue weighted by atomic mass is 32.2. The number of anilines is 2. The molecule has 0 amide bonds. The number of aromatic nitrogens is 1. The van der Waals surface area contributed by atoms with Crippen LogP contribution in [0.5, 0.6) is 0 Å². The van der Waals surface area contributed by atoms with E-state index >= 15 is 4.39 Å². The Morgan fingerprint density at radius 1 is 1.20 bits per heavy atom. The summed E-state index contributed by atoms with van der Waals surface area (Å²) >= 11 is 0.932. The summed E-state index contributed by atoms with van der Waals surface area (Å²) in [4.78, 5) is 17.1. The molecule has 12 heteroatoms. The standard InChI is InChI=1S/C23H33F2N5O3S2/c1-12(2)11-35(32,33)30-14-7-5-13(6-8-14)28-22-29-21(26)20(34-22)19(31)17-16(24)10-9-15(18(17)25)23(3,4)27/h9-10,12-14,30H,5-8,11,26-27H2,1-4H3,(H,28,29). The normalized spacial score (nSPS) is 19.2. The minimum absolute atomic E-state index is 0.00388. The molecule has 8 nitrogen and oxygen atoms in total. The van der Waals surface area contributed by atoms with Gasteiger partial charge in [0.05, 0.1) is 11.3 Å². The van der Waals surface area contributed by atoms with E-state index in [1.165, 1.54) is 6.07 Å². The zero-order valence-electron chi connectivity index (χ0n) is 20.3. The molecule has 1 aromatic heterocycles. The Bertz CT molecular complexity index is 1180. The van der Waals surface area contributed by atoms with Crippen molar-refractivity contribution in [1.82, 2.24) is 9.71 Å². The summed E-state index contributed by atoms with van der Waals surface area (Å²) in [6, 6.07) is 2.12. The molecular formula is C23H33F2N5O3S2. The number of carbonyl (C=O) groups excluding carboxylic acids is 1. The summed E-state index contributed by atoms with van der Waals surface area (Å²) in [5.41, 5.74) is 10.1. The molecular weight excluding hydrogens is 496 g/mol. The molecule has 0 aliphatic heterocycles. The van der Waals surface area contributed by atoms with Gasteiger partial charge in [-0.05, 0) is 51.5 Å². The predicted octanol–water partition coefficient (Wildman–Crippen LogP) is 3.73. The zero-order valence-corrected chi connectivity index (χ0v) is 22.0. The molecule has 0 saturated heterocycles. The third-order valence-electron chi connectivity index (χ3n) is 5.83. The SMILES string of the molecule is CC(C)CS(=O)(=O)NC1CCC(Nc2nc(N)c(C(=O)c3c(F)ccc(C(C)(C)N)c3F)s2)CC1. The maximum absolute atomic E-state index is 15.0. The van der Waals surface area contributed by atoms with Gasteiger partial charge in [-0.3, -0.25) is 4.79 Å². The van der Waals surface area contributed by atoms with Crippen LogP contribution < -0.4 is 21.5 Å². The van der Waals surface area contributed by atoms with E-state index in [1.807, 2.05) is 13.8 Å². The fraction of sp³-hybridized carbons (Fsp3) is 0.565. The van der Waals surface area contributed by atoms with Crippen molar-refractivity contribution < 1.29 is 22.0 Å². The third-order valence-corrected chi connectivity index (χ3v) is 8.62. The average molecular weight is 530 g/mol. The van der Waals surface area contributed by atoms with Gasteiger partial charge >= 0.3 is 0 Å². The molecule has 1 aliphatic carbocycles. The minimum atomic E-state index is -3.32. The summed E-state index contributed by atoms with van der Waals surface area (Å²) in [7, 11) is -3.32. The lowest BCUT2D eigenvalue weighted by atomic mass is 9.92. The van der Waals surface area contributed by atoms with Crippen LogP contribution in [0.2, 0.25) is 0 Å². The first-order valence-corrected chi connectivity index (χ1v) is 14.0. The van der Waals surface area contributed by atoms with Crippen molar-refractivity contribution in [1.29, 1.82) is 0 Å². The number of hydrogen-bond donors (Lipinski definition) is 4. The fourth-order valence-corrected chi connectivity index (χ4v) is 6.82. The van der Waals surface area contributed by atoms with Crippen molar-refractivity contribution in [2.45, 2.75) is 71.0 Å². The number of carbonyl (C=O) groups is 1. The molecule has 0 spiro atoms. The van der Waals surface area contributed by atoms with Gasteiger partial charge in [-0.15, -0.1) is 0 Å². The molecule has 2 aromatic rings. The van der Waals surface area contributed by atoms with E-state index in [9.17, 15) is 17.6 Å². The Hall–Kier alpha value is -2.15. The van der Waals surface area contributed by atoms with Gasteiger partial charge in [-0.25, -0.2) is 26.9 Å². The smallest absolute Gasteiger partial charge is 0.212 e. The first-order chi connectivity index (χ1) is 16.2. The maximum atomic E-state index is 15.0. The molecule has 1 fully saturated rings. The highest BCUT2D eigenvalue weighted by Gasteiger charge is 2.30. The monoisotopic (exact) mass is 529 g/mol. The molecule has 194 valence electrons. The second-order valence-corrected chi connectivity index (χ2v) is 12.9. The number of halogens is 2. The van der Waals surface area contributed by atoms with Gasteiger partial charge in [0.2, 0.25) is 15.8 Å². The number of thiazole rings is 1. The van der Waals surface area contributed by atoms with Gasteiger partial charge in [-0.2, -0.15) is 0 Å². The lowest BCUT2D eigenvalue weighted by Gasteiger charge is -2.29. The van der Waals surface area contributed by atoms with Crippen LogP contribution in [0.25, 0.3) is 0 Å². The van der Waals surface area contributed by atoms with E-state index in [0.717, 1.165) is 17.4 Å². The number of nitrogen functional groups attached to an aromatic ring is 1. The van der Waals surface area contributed by atoms with Crippen LogP contribution in [0.3, 0.4) is 0 Å². The number of nitrogens with one attached hydrogen (secondary N) is 2. The van der Waals surface area contributed by atoms with Crippen molar-refractivity contribution in [2.24, 2.45) is 11.7 Å². The average Bonchev–Trinajstić information content (AvgIpc) is 3.07. The lowest BCUT2D eigenvalue weighted by Crippen LogP contribution is -2.41. The van der Waals surface area contributed by atoms with E-state index in [2.05, 4.69) is 15.0 Å². The Morgan fingerprint density at radius 2 is 1.80 bits per heavy atom. The Morgan fingerprint density at radius 3 is 2.37 bits per heavy atom. The Balaban J connectivity index is 1.69. The summed E-state index contributed by atoms with van der Waals surface area (Å²) < 4.78 is 56.6. The van der Waals surface area contributed by atoms with Gasteiger partial charge in [0.25, 0.3) is 0 Å². The lowest BCUT2D eigenvalue weighted by molar-refractivity contribution is 0.103. The maximum Gasteiger partial charge on any atom is 0.212 e. The van der Waals surface area contributed by atoms with Crippen LogP contribution in [0.4, 0.5) is 19.7 Å². The van der Waals surface area contributed by atoms with Crippen LogP contribution in [-0.4, -0.2) is 37.0 Å². The minimum Gasteiger partial charge on any atom is -0.382 e. The molecule has 1 aromatic carbocycles. The fourth-order valence-electron chi connectivity index (χ4n) is 4.20. The molecule has 1 heterocycles. The number of nitrogens with two attached hydrogens (primary N) is 2.